The molecule has 1 aliphatic heterocycles. The third-order valence-electron chi connectivity index (χ3n) is 3.55. The summed E-state index contributed by atoms with van der Waals surface area (Å²) in [6.45, 7) is 4.34. The zero-order valence-corrected chi connectivity index (χ0v) is 14.8. The molecule has 2 aromatic carbocycles. The highest BCUT2D eigenvalue weighted by Crippen LogP contribution is 2.20. The van der Waals surface area contributed by atoms with E-state index in [0.717, 1.165) is 17.1 Å². The van der Waals surface area contributed by atoms with Gasteiger partial charge < -0.3 is 14.2 Å². The van der Waals surface area contributed by atoms with Gasteiger partial charge >= 0.3 is 5.97 Å². The molecule has 5 heteroatoms. The van der Waals surface area contributed by atoms with Gasteiger partial charge in [0.1, 0.15) is 11.5 Å². The highest BCUT2D eigenvalue weighted by atomic mass is 16.6. The molecule has 0 aliphatic carbocycles. The maximum Gasteiger partial charge on any atom is 0.363 e. The van der Waals surface area contributed by atoms with Crippen molar-refractivity contribution in [1.82, 2.24) is 0 Å². The predicted molar refractivity (Wildman–Crippen MR) is 100 cm³/mol. The number of hydrogen-bond donors (Lipinski definition) is 0. The first-order valence-corrected chi connectivity index (χ1v) is 8.56. The van der Waals surface area contributed by atoms with E-state index >= 15 is 0 Å². The number of carbonyl (C=O) groups is 1. The highest BCUT2D eigenvalue weighted by Gasteiger charge is 2.22. The summed E-state index contributed by atoms with van der Waals surface area (Å²) < 4.78 is 16.4. The summed E-state index contributed by atoms with van der Waals surface area (Å²) >= 11 is 0. The number of nitrogens with zero attached hydrogens (tertiary/aromatic N) is 1. The van der Waals surface area contributed by atoms with E-state index in [2.05, 4.69) is 4.99 Å². The standard InChI is InChI=1S/C21H21NO4/c1-15(2)25-18-10-8-16(9-11-18)14-19-21(23)26-20(22-19)12-13-24-17-6-4-3-5-7-17/h3-11,14-15H,12-13H2,1-2H3/b19-14+. The lowest BCUT2D eigenvalue weighted by molar-refractivity contribution is -0.130. The number of aliphatic imine (C=N–C) groups is 1. The molecule has 0 spiro atoms. The molecule has 2 aromatic rings. The van der Waals surface area contributed by atoms with E-state index in [9.17, 15) is 4.79 Å². The van der Waals surface area contributed by atoms with Crippen molar-refractivity contribution in [3.63, 3.8) is 0 Å². The molecule has 26 heavy (non-hydrogen) atoms. The Bertz CT molecular complexity index is 808. The van der Waals surface area contributed by atoms with Crippen LogP contribution in [0.15, 0.2) is 65.3 Å². The van der Waals surface area contributed by atoms with Crippen molar-refractivity contribution < 1.29 is 19.0 Å². The van der Waals surface area contributed by atoms with Crippen LogP contribution in [0.25, 0.3) is 6.08 Å². The minimum absolute atomic E-state index is 0.120. The number of hydrogen-bond acceptors (Lipinski definition) is 5. The van der Waals surface area contributed by atoms with Gasteiger partial charge in [0, 0.05) is 0 Å². The fourth-order valence-electron chi connectivity index (χ4n) is 2.41. The number of rotatable bonds is 7. The van der Waals surface area contributed by atoms with Crippen LogP contribution < -0.4 is 9.47 Å². The van der Waals surface area contributed by atoms with Gasteiger partial charge in [-0.05, 0) is 49.8 Å². The number of ether oxygens (including phenoxy) is 3. The largest absolute Gasteiger partial charge is 0.493 e. The van der Waals surface area contributed by atoms with Crippen LogP contribution in [0.5, 0.6) is 11.5 Å². The van der Waals surface area contributed by atoms with Crippen LogP contribution in [0, 0.1) is 0 Å². The Hall–Kier alpha value is -3.08. The smallest absolute Gasteiger partial charge is 0.363 e. The molecule has 134 valence electrons. The molecular weight excluding hydrogens is 330 g/mol. The average Bonchev–Trinajstić information content (AvgIpc) is 2.97. The van der Waals surface area contributed by atoms with Crippen LogP contribution >= 0.6 is 0 Å². The lowest BCUT2D eigenvalue weighted by Crippen LogP contribution is -2.08. The second-order valence-corrected chi connectivity index (χ2v) is 6.07. The lowest BCUT2D eigenvalue weighted by atomic mass is 10.2. The van der Waals surface area contributed by atoms with Gasteiger partial charge in [-0.25, -0.2) is 9.79 Å². The molecule has 1 aliphatic rings. The summed E-state index contributed by atoms with van der Waals surface area (Å²) in [6, 6.07) is 17.0. The van der Waals surface area contributed by atoms with E-state index in [1.165, 1.54) is 0 Å². The van der Waals surface area contributed by atoms with Crippen molar-refractivity contribution in [3.05, 3.63) is 65.9 Å². The number of cyclic esters (lactones) is 1. The third kappa shape index (κ3) is 4.96. The van der Waals surface area contributed by atoms with E-state index in [1.807, 2.05) is 68.4 Å². The van der Waals surface area contributed by atoms with E-state index in [-0.39, 0.29) is 11.8 Å². The molecule has 1 heterocycles. The SMILES string of the molecule is CC(C)Oc1ccc(/C=C2/N=C(CCOc3ccccc3)OC2=O)cc1. The van der Waals surface area contributed by atoms with Gasteiger partial charge in [-0.15, -0.1) is 0 Å². The summed E-state index contributed by atoms with van der Waals surface area (Å²) in [5.41, 5.74) is 1.15. The van der Waals surface area contributed by atoms with Gasteiger partial charge in [-0.2, -0.15) is 0 Å². The average molecular weight is 351 g/mol. The first-order chi connectivity index (χ1) is 12.6. The minimum Gasteiger partial charge on any atom is -0.493 e. The Morgan fingerprint density at radius 3 is 2.46 bits per heavy atom. The first-order valence-electron chi connectivity index (χ1n) is 8.56. The Morgan fingerprint density at radius 2 is 1.77 bits per heavy atom. The fourth-order valence-corrected chi connectivity index (χ4v) is 2.41. The lowest BCUT2D eigenvalue weighted by Gasteiger charge is -2.09. The number of para-hydroxylation sites is 1. The summed E-state index contributed by atoms with van der Waals surface area (Å²) in [4.78, 5) is 16.2. The van der Waals surface area contributed by atoms with Crippen LogP contribution in [0.1, 0.15) is 25.8 Å². The van der Waals surface area contributed by atoms with Crippen molar-refractivity contribution in [2.75, 3.05) is 6.61 Å². The van der Waals surface area contributed by atoms with Crippen LogP contribution in [0.4, 0.5) is 0 Å². The second kappa shape index (κ2) is 8.34. The van der Waals surface area contributed by atoms with Crippen molar-refractivity contribution in [1.29, 1.82) is 0 Å². The third-order valence-corrected chi connectivity index (χ3v) is 3.55. The van der Waals surface area contributed by atoms with Gasteiger partial charge in [-0.1, -0.05) is 30.3 Å². The van der Waals surface area contributed by atoms with Gasteiger partial charge in [0.05, 0.1) is 19.1 Å². The van der Waals surface area contributed by atoms with Gasteiger partial charge in [0.25, 0.3) is 0 Å². The molecule has 0 saturated heterocycles. The minimum atomic E-state index is -0.442. The van der Waals surface area contributed by atoms with E-state index in [0.29, 0.717) is 18.9 Å². The normalized spacial score (nSPS) is 15.1. The Kier molecular flexibility index (Phi) is 5.69. The molecule has 0 aromatic heterocycles. The molecular formula is C21H21NO4. The Balaban J connectivity index is 1.59. The zero-order chi connectivity index (χ0) is 18.4. The maximum absolute atomic E-state index is 12.0. The number of esters is 1. The number of carbonyl (C=O) groups excluding carboxylic acids is 1. The molecule has 0 bridgehead atoms. The van der Waals surface area contributed by atoms with Gasteiger partial charge in [0.15, 0.2) is 5.70 Å². The molecule has 0 unspecified atom stereocenters. The van der Waals surface area contributed by atoms with Crippen molar-refractivity contribution in [3.8, 4) is 11.5 Å². The van der Waals surface area contributed by atoms with E-state index < -0.39 is 5.97 Å². The maximum atomic E-state index is 12.0. The molecule has 0 radical (unpaired) electrons. The quantitative estimate of drug-likeness (QED) is 0.553. The monoisotopic (exact) mass is 351 g/mol. The number of benzene rings is 2. The van der Waals surface area contributed by atoms with Crippen LogP contribution in [0.2, 0.25) is 0 Å². The first kappa shape index (κ1) is 17.7. The molecule has 0 fully saturated rings. The van der Waals surface area contributed by atoms with Gasteiger partial charge in [0.2, 0.25) is 5.90 Å². The zero-order valence-electron chi connectivity index (χ0n) is 14.8. The van der Waals surface area contributed by atoms with Crippen molar-refractivity contribution in [2.45, 2.75) is 26.4 Å². The van der Waals surface area contributed by atoms with Crippen LogP contribution in [0.3, 0.4) is 0 Å². The summed E-state index contributed by atoms with van der Waals surface area (Å²) in [7, 11) is 0. The Labute approximate surface area is 152 Å². The van der Waals surface area contributed by atoms with Crippen molar-refractivity contribution in [2.24, 2.45) is 4.99 Å². The van der Waals surface area contributed by atoms with E-state index in [4.69, 9.17) is 14.2 Å². The molecule has 0 atom stereocenters. The second-order valence-electron chi connectivity index (χ2n) is 6.07. The van der Waals surface area contributed by atoms with E-state index in [1.54, 1.807) is 6.08 Å². The summed E-state index contributed by atoms with van der Waals surface area (Å²) in [5.74, 6) is 1.49. The Morgan fingerprint density at radius 1 is 1.04 bits per heavy atom. The molecule has 5 nitrogen and oxygen atoms in total. The van der Waals surface area contributed by atoms with Crippen LogP contribution in [-0.2, 0) is 9.53 Å². The molecule has 0 saturated carbocycles. The summed E-state index contributed by atoms with van der Waals surface area (Å²) in [6.07, 6.45) is 2.25. The molecule has 0 amide bonds. The highest BCUT2D eigenvalue weighted by molar-refractivity contribution is 6.07. The molecule has 0 N–H and O–H groups in total. The van der Waals surface area contributed by atoms with Crippen LogP contribution in [-0.4, -0.2) is 24.6 Å². The fraction of sp³-hybridized carbons (Fsp3) is 0.238. The van der Waals surface area contributed by atoms with Gasteiger partial charge in [-0.3, -0.25) is 0 Å². The predicted octanol–water partition coefficient (Wildman–Crippen LogP) is 4.24. The summed E-state index contributed by atoms with van der Waals surface area (Å²) in [5, 5.41) is 0. The molecule has 3 rings (SSSR count). The van der Waals surface area contributed by atoms with Crippen molar-refractivity contribution >= 4 is 17.9 Å². The topological polar surface area (TPSA) is 57.1 Å².